The molecule has 1 spiro atoms. The molecule has 2 aliphatic rings. The van der Waals surface area contributed by atoms with Crippen LogP contribution in [0.25, 0.3) is 0 Å². The summed E-state index contributed by atoms with van der Waals surface area (Å²) in [5.41, 5.74) is 2.49. The Morgan fingerprint density at radius 1 is 1.15 bits per heavy atom. The van der Waals surface area contributed by atoms with E-state index in [2.05, 4.69) is 56.0 Å². The summed E-state index contributed by atoms with van der Waals surface area (Å²) >= 11 is 0. The summed E-state index contributed by atoms with van der Waals surface area (Å²) in [7, 11) is 0. The van der Waals surface area contributed by atoms with Crippen molar-refractivity contribution in [2.75, 3.05) is 6.54 Å². The molecule has 2 fully saturated rings. The highest BCUT2D eigenvalue weighted by atomic mass is 15.2. The number of benzene rings is 1. The quantitative estimate of drug-likeness (QED) is 0.742. The molecular weight excluding hydrogens is 242 g/mol. The Hall–Kier alpha value is -0.820. The minimum absolute atomic E-state index is 0.474. The summed E-state index contributed by atoms with van der Waals surface area (Å²) in [6.07, 6.45) is 7.07. The molecule has 0 amide bonds. The van der Waals surface area contributed by atoms with Gasteiger partial charge in [-0.05, 0) is 55.5 Å². The lowest BCUT2D eigenvalue weighted by Gasteiger charge is -2.57. The Morgan fingerprint density at radius 3 is 2.40 bits per heavy atom. The normalized spacial score (nSPS) is 26.4. The van der Waals surface area contributed by atoms with Crippen molar-refractivity contribution in [1.82, 2.24) is 4.90 Å². The third kappa shape index (κ3) is 2.65. The van der Waals surface area contributed by atoms with Crippen LogP contribution in [0.2, 0.25) is 0 Å². The highest BCUT2D eigenvalue weighted by Gasteiger charge is 2.48. The van der Waals surface area contributed by atoms with Crippen LogP contribution in [0.15, 0.2) is 30.3 Å². The lowest BCUT2D eigenvalue weighted by atomic mass is 9.62. The van der Waals surface area contributed by atoms with Crippen molar-refractivity contribution in [3.63, 3.8) is 0 Å². The first-order chi connectivity index (χ1) is 9.50. The van der Waals surface area contributed by atoms with Crippen LogP contribution in [0.4, 0.5) is 0 Å². The summed E-state index contributed by atoms with van der Waals surface area (Å²) in [6.45, 7) is 9.72. The van der Waals surface area contributed by atoms with Crippen molar-refractivity contribution in [3.05, 3.63) is 35.9 Å². The van der Waals surface area contributed by atoms with E-state index >= 15 is 0 Å². The summed E-state index contributed by atoms with van der Waals surface area (Å²) in [5.74, 6) is 0.898. The smallest absolute Gasteiger partial charge is 0.0239 e. The second-order valence-corrected chi connectivity index (χ2v) is 8.04. The van der Waals surface area contributed by atoms with Crippen molar-refractivity contribution in [2.45, 2.75) is 65.0 Å². The van der Waals surface area contributed by atoms with Gasteiger partial charge < -0.3 is 0 Å². The van der Waals surface area contributed by atoms with Gasteiger partial charge >= 0.3 is 0 Å². The van der Waals surface area contributed by atoms with Crippen molar-refractivity contribution < 1.29 is 0 Å². The molecule has 1 aromatic carbocycles. The van der Waals surface area contributed by atoms with Gasteiger partial charge in [0.05, 0.1) is 0 Å². The topological polar surface area (TPSA) is 3.24 Å². The van der Waals surface area contributed by atoms with E-state index in [-0.39, 0.29) is 0 Å². The van der Waals surface area contributed by atoms with Crippen molar-refractivity contribution >= 4 is 0 Å². The molecule has 1 heterocycles. The lowest BCUT2D eigenvalue weighted by Crippen LogP contribution is -2.58. The average molecular weight is 271 g/mol. The fourth-order valence-corrected chi connectivity index (χ4v) is 4.13. The van der Waals surface area contributed by atoms with Gasteiger partial charge in [0.15, 0.2) is 0 Å². The van der Waals surface area contributed by atoms with Crippen LogP contribution in [-0.2, 0) is 6.54 Å². The third-order valence-electron chi connectivity index (χ3n) is 5.77. The van der Waals surface area contributed by atoms with Crippen molar-refractivity contribution in [3.8, 4) is 0 Å². The van der Waals surface area contributed by atoms with Gasteiger partial charge in [0, 0.05) is 12.1 Å². The molecule has 0 unspecified atom stereocenters. The Bertz CT molecular complexity index is 439. The molecule has 1 aliphatic heterocycles. The first-order valence-electron chi connectivity index (χ1n) is 8.29. The first kappa shape index (κ1) is 14.1. The fraction of sp³-hybridized carbons (Fsp3) is 0.684. The maximum atomic E-state index is 2.80. The molecule has 1 atom stereocenters. The van der Waals surface area contributed by atoms with Crippen molar-refractivity contribution in [2.24, 2.45) is 11.3 Å². The first-order valence-corrected chi connectivity index (χ1v) is 8.29. The zero-order valence-electron chi connectivity index (χ0n) is 13.4. The number of hydrogen-bond donors (Lipinski definition) is 0. The summed E-state index contributed by atoms with van der Waals surface area (Å²) in [5, 5.41) is 0. The molecule has 1 aromatic rings. The Kier molecular flexibility index (Phi) is 3.66. The number of likely N-dealkylation sites (tertiary alicyclic amines) is 1. The molecule has 0 N–H and O–H groups in total. The summed E-state index contributed by atoms with van der Waals surface area (Å²) in [6, 6.07) is 11.0. The highest BCUT2D eigenvalue weighted by Crippen LogP contribution is 2.50. The third-order valence-corrected chi connectivity index (χ3v) is 5.77. The summed E-state index contributed by atoms with van der Waals surface area (Å²) in [4.78, 5) is 2.80. The van der Waals surface area contributed by atoms with Gasteiger partial charge in [-0.2, -0.15) is 0 Å². The van der Waals surface area contributed by atoms with Crippen molar-refractivity contribution in [1.29, 1.82) is 0 Å². The second-order valence-electron chi connectivity index (χ2n) is 8.04. The predicted octanol–water partition coefficient (Wildman–Crippen LogP) is 4.87. The molecule has 0 aromatic heterocycles. The van der Waals surface area contributed by atoms with E-state index in [1.54, 1.807) is 0 Å². The molecular formula is C19H29N. The predicted molar refractivity (Wildman–Crippen MR) is 85.6 cm³/mol. The molecule has 1 nitrogen and oxygen atoms in total. The molecule has 20 heavy (non-hydrogen) atoms. The number of rotatable bonds is 2. The molecule has 3 rings (SSSR count). The Morgan fingerprint density at radius 2 is 1.85 bits per heavy atom. The fourth-order valence-electron chi connectivity index (χ4n) is 4.13. The van der Waals surface area contributed by atoms with E-state index in [9.17, 15) is 0 Å². The summed E-state index contributed by atoms with van der Waals surface area (Å²) < 4.78 is 0. The maximum absolute atomic E-state index is 2.80. The van der Waals surface area contributed by atoms with Gasteiger partial charge in [0.1, 0.15) is 0 Å². The molecule has 1 heteroatoms. The molecule has 0 bridgehead atoms. The van der Waals surface area contributed by atoms with E-state index in [4.69, 9.17) is 0 Å². The number of nitrogens with zero attached hydrogens (tertiary/aromatic N) is 1. The molecule has 1 aliphatic carbocycles. The van der Waals surface area contributed by atoms with Gasteiger partial charge in [0.25, 0.3) is 0 Å². The van der Waals surface area contributed by atoms with Crippen LogP contribution in [0.3, 0.4) is 0 Å². The van der Waals surface area contributed by atoms with Crippen LogP contribution in [0, 0.1) is 11.3 Å². The van der Waals surface area contributed by atoms with Crippen LogP contribution in [0.5, 0.6) is 0 Å². The van der Waals surface area contributed by atoms with E-state index < -0.39 is 0 Å². The SMILES string of the molecule is CC(C)(C)[C@H]1CCN(Cc2ccccc2)C2(CCC2)C1. The Balaban J connectivity index is 1.73. The molecule has 0 radical (unpaired) electrons. The van der Waals surface area contributed by atoms with Crippen LogP contribution in [-0.4, -0.2) is 17.0 Å². The zero-order valence-corrected chi connectivity index (χ0v) is 13.4. The Labute approximate surface area is 124 Å². The minimum atomic E-state index is 0.474. The average Bonchev–Trinajstić information content (AvgIpc) is 2.37. The van der Waals surface area contributed by atoms with Gasteiger partial charge in [-0.25, -0.2) is 0 Å². The highest BCUT2D eigenvalue weighted by molar-refractivity contribution is 5.16. The molecule has 1 saturated heterocycles. The van der Waals surface area contributed by atoms with Gasteiger partial charge in [-0.3, -0.25) is 4.90 Å². The number of hydrogen-bond acceptors (Lipinski definition) is 1. The lowest BCUT2D eigenvalue weighted by molar-refractivity contribution is -0.0641. The molecule has 1 saturated carbocycles. The van der Waals surface area contributed by atoms with Crippen LogP contribution >= 0.6 is 0 Å². The monoisotopic (exact) mass is 271 g/mol. The van der Waals surface area contributed by atoms with Gasteiger partial charge in [0.2, 0.25) is 0 Å². The second kappa shape index (κ2) is 5.18. The van der Waals surface area contributed by atoms with E-state index in [1.165, 1.54) is 44.2 Å². The molecule has 110 valence electrons. The maximum Gasteiger partial charge on any atom is 0.0239 e. The van der Waals surface area contributed by atoms with E-state index in [1.807, 2.05) is 0 Å². The standard InChI is InChI=1S/C19H29N/c1-18(2,3)17-10-13-20(19(14-17)11-7-12-19)15-16-8-5-4-6-9-16/h4-6,8-9,17H,7,10-15H2,1-3H3/t17-/m0/s1. The van der Waals surface area contributed by atoms with Gasteiger partial charge in [-0.15, -0.1) is 0 Å². The largest absolute Gasteiger partial charge is 0.293 e. The van der Waals surface area contributed by atoms with E-state index in [0.717, 1.165) is 12.5 Å². The van der Waals surface area contributed by atoms with Gasteiger partial charge in [-0.1, -0.05) is 51.1 Å². The van der Waals surface area contributed by atoms with E-state index in [0.29, 0.717) is 11.0 Å². The minimum Gasteiger partial charge on any atom is -0.293 e. The van der Waals surface area contributed by atoms with Crippen LogP contribution < -0.4 is 0 Å². The zero-order chi connectivity index (χ0) is 14.2. The number of piperidine rings is 1. The van der Waals surface area contributed by atoms with Crippen LogP contribution in [0.1, 0.15) is 58.4 Å².